The van der Waals surface area contributed by atoms with Gasteiger partial charge in [-0.3, -0.25) is 4.79 Å². The van der Waals surface area contributed by atoms with Crippen molar-refractivity contribution in [2.24, 2.45) is 0 Å². The van der Waals surface area contributed by atoms with Crippen molar-refractivity contribution in [3.63, 3.8) is 0 Å². The Hall–Kier alpha value is -1.79. The summed E-state index contributed by atoms with van der Waals surface area (Å²) < 4.78 is 10.6. The van der Waals surface area contributed by atoms with E-state index in [9.17, 15) is 4.79 Å². The van der Waals surface area contributed by atoms with Crippen molar-refractivity contribution in [1.82, 2.24) is 5.32 Å². The third-order valence-electron chi connectivity index (χ3n) is 3.16. The van der Waals surface area contributed by atoms with Gasteiger partial charge in [0, 0.05) is 30.8 Å². The molecule has 0 spiro atoms. The molecule has 0 saturated heterocycles. The number of rotatable bonds is 9. The maximum atomic E-state index is 11.8. The molecule has 0 atom stereocenters. The minimum absolute atomic E-state index is 0.0403. The Bertz CT molecular complexity index is 475. The predicted molar refractivity (Wildman–Crippen MR) is 79.8 cm³/mol. The molecule has 1 aromatic rings. The lowest BCUT2D eigenvalue weighted by molar-refractivity contribution is -0.116. The van der Waals surface area contributed by atoms with Crippen LogP contribution < -0.4 is 20.1 Å². The topological polar surface area (TPSA) is 79.8 Å². The minimum atomic E-state index is -0.0768. The molecular weight excluding hydrogens is 272 g/mol. The fourth-order valence-electron chi connectivity index (χ4n) is 1.92. The summed E-state index contributed by atoms with van der Waals surface area (Å²) >= 11 is 0. The molecule has 1 aromatic carbocycles. The summed E-state index contributed by atoms with van der Waals surface area (Å²) in [6.45, 7) is 0.798. The van der Waals surface area contributed by atoms with Crippen LogP contribution in [0.4, 0.5) is 5.69 Å². The summed E-state index contributed by atoms with van der Waals surface area (Å²) in [7, 11) is 1.54. The quantitative estimate of drug-likeness (QED) is 0.636. The standard InChI is InChI=1S/C15H22N2O4/c1-20-13-5-4-12(10-14(13)21-9-8-18)17-15(19)6-7-16-11-2-3-11/h4-5,10-11,16,18H,2-3,6-9H2,1H3,(H,17,19). The second kappa shape index (κ2) is 7.85. The van der Waals surface area contributed by atoms with Crippen LogP contribution in [0.2, 0.25) is 0 Å². The van der Waals surface area contributed by atoms with Crippen LogP contribution in [0.1, 0.15) is 19.3 Å². The van der Waals surface area contributed by atoms with Crippen LogP contribution in [0, 0.1) is 0 Å². The number of benzene rings is 1. The number of anilines is 1. The average Bonchev–Trinajstić information content (AvgIpc) is 3.29. The minimum Gasteiger partial charge on any atom is -0.493 e. The van der Waals surface area contributed by atoms with E-state index in [2.05, 4.69) is 10.6 Å². The summed E-state index contributed by atoms with van der Waals surface area (Å²) in [4.78, 5) is 11.8. The number of aliphatic hydroxyl groups is 1. The number of hydrogen-bond donors (Lipinski definition) is 3. The molecule has 0 heterocycles. The van der Waals surface area contributed by atoms with Crippen LogP contribution in [-0.2, 0) is 4.79 Å². The first-order valence-electron chi connectivity index (χ1n) is 7.18. The molecule has 1 amide bonds. The summed E-state index contributed by atoms with van der Waals surface area (Å²) in [6.07, 6.45) is 2.87. The average molecular weight is 294 g/mol. The van der Waals surface area contributed by atoms with E-state index >= 15 is 0 Å². The van der Waals surface area contributed by atoms with Crippen molar-refractivity contribution in [1.29, 1.82) is 0 Å². The lowest BCUT2D eigenvalue weighted by atomic mass is 10.2. The van der Waals surface area contributed by atoms with Gasteiger partial charge in [-0.15, -0.1) is 0 Å². The number of carbonyl (C=O) groups is 1. The number of carbonyl (C=O) groups excluding carboxylic acids is 1. The van der Waals surface area contributed by atoms with E-state index in [4.69, 9.17) is 14.6 Å². The van der Waals surface area contributed by atoms with Crippen molar-refractivity contribution in [3.05, 3.63) is 18.2 Å². The first-order valence-corrected chi connectivity index (χ1v) is 7.18. The van der Waals surface area contributed by atoms with Crippen LogP contribution in [-0.4, -0.2) is 43.9 Å². The number of hydrogen-bond acceptors (Lipinski definition) is 5. The van der Waals surface area contributed by atoms with Crippen LogP contribution in [0.15, 0.2) is 18.2 Å². The molecule has 6 nitrogen and oxygen atoms in total. The molecule has 1 saturated carbocycles. The Morgan fingerprint density at radius 1 is 1.38 bits per heavy atom. The zero-order valence-corrected chi connectivity index (χ0v) is 12.2. The van der Waals surface area contributed by atoms with E-state index in [0.717, 1.165) is 0 Å². The molecular formula is C15H22N2O4. The molecule has 0 bridgehead atoms. The lowest BCUT2D eigenvalue weighted by Crippen LogP contribution is -2.23. The predicted octanol–water partition coefficient (Wildman–Crippen LogP) is 1.15. The fraction of sp³-hybridized carbons (Fsp3) is 0.533. The highest BCUT2D eigenvalue weighted by atomic mass is 16.5. The summed E-state index contributed by atoms with van der Waals surface area (Å²) in [6, 6.07) is 5.79. The molecule has 116 valence electrons. The second-order valence-electron chi connectivity index (χ2n) is 4.96. The highest BCUT2D eigenvalue weighted by Crippen LogP contribution is 2.30. The molecule has 3 N–H and O–H groups in total. The largest absolute Gasteiger partial charge is 0.493 e. The highest BCUT2D eigenvalue weighted by molar-refractivity contribution is 5.91. The maximum absolute atomic E-state index is 11.8. The monoisotopic (exact) mass is 294 g/mol. The van der Waals surface area contributed by atoms with Gasteiger partial charge in [-0.1, -0.05) is 0 Å². The van der Waals surface area contributed by atoms with E-state index < -0.39 is 0 Å². The molecule has 0 aliphatic heterocycles. The first-order chi connectivity index (χ1) is 10.2. The van der Waals surface area contributed by atoms with Crippen LogP contribution in [0.5, 0.6) is 11.5 Å². The van der Waals surface area contributed by atoms with Crippen molar-refractivity contribution < 1.29 is 19.4 Å². The van der Waals surface area contributed by atoms with Gasteiger partial charge in [-0.05, 0) is 25.0 Å². The van der Waals surface area contributed by atoms with Gasteiger partial charge in [0.2, 0.25) is 5.91 Å². The van der Waals surface area contributed by atoms with E-state index in [1.807, 2.05) is 0 Å². The summed E-state index contributed by atoms with van der Waals surface area (Å²) in [5.41, 5.74) is 0.653. The van der Waals surface area contributed by atoms with Gasteiger partial charge >= 0.3 is 0 Å². The molecule has 1 aliphatic rings. The van der Waals surface area contributed by atoms with E-state index in [1.54, 1.807) is 25.3 Å². The van der Waals surface area contributed by atoms with Crippen molar-refractivity contribution in [2.45, 2.75) is 25.3 Å². The van der Waals surface area contributed by atoms with Crippen molar-refractivity contribution >= 4 is 11.6 Å². The van der Waals surface area contributed by atoms with E-state index in [1.165, 1.54) is 12.8 Å². The molecule has 0 radical (unpaired) electrons. The zero-order chi connectivity index (χ0) is 15.1. The smallest absolute Gasteiger partial charge is 0.225 e. The Labute approximate surface area is 124 Å². The Morgan fingerprint density at radius 3 is 2.86 bits per heavy atom. The Kier molecular flexibility index (Phi) is 5.83. The summed E-state index contributed by atoms with van der Waals surface area (Å²) in [5, 5.41) is 14.9. The van der Waals surface area contributed by atoms with Crippen LogP contribution >= 0.6 is 0 Å². The normalized spacial score (nSPS) is 13.8. The van der Waals surface area contributed by atoms with Gasteiger partial charge in [-0.25, -0.2) is 0 Å². The molecule has 1 fully saturated rings. The molecule has 21 heavy (non-hydrogen) atoms. The number of amides is 1. The fourth-order valence-corrected chi connectivity index (χ4v) is 1.92. The van der Waals surface area contributed by atoms with Gasteiger partial charge in [0.05, 0.1) is 13.7 Å². The van der Waals surface area contributed by atoms with E-state index in [-0.39, 0.29) is 19.1 Å². The van der Waals surface area contributed by atoms with Gasteiger partial charge in [0.1, 0.15) is 6.61 Å². The van der Waals surface area contributed by atoms with Crippen molar-refractivity contribution in [3.8, 4) is 11.5 Å². The maximum Gasteiger partial charge on any atom is 0.225 e. The van der Waals surface area contributed by atoms with Gasteiger partial charge < -0.3 is 25.2 Å². The van der Waals surface area contributed by atoms with Crippen LogP contribution in [0.25, 0.3) is 0 Å². The molecule has 1 aliphatic carbocycles. The lowest BCUT2D eigenvalue weighted by Gasteiger charge is -2.12. The number of aliphatic hydroxyl groups excluding tert-OH is 1. The van der Waals surface area contributed by atoms with E-state index in [0.29, 0.717) is 36.2 Å². The Morgan fingerprint density at radius 2 is 2.19 bits per heavy atom. The first kappa shape index (κ1) is 15.6. The van der Waals surface area contributed by atoms with Gasteiger partial charge in [-0.2, -0.15) is 0 Å². The second-order valence-corrected chi connectivity index (χ2v) is 4.96. The van der Waals surface area contributed by atoms with Gasteiger partial charge in [0.25, 0.3) is 0 Å². The Balaban J connectivity index is 1.86. The third-order valence-corrected chi connectivity index (χ3v) is 3.16. The third kappa shape index (κ3) is 5.24. The number of methoxy groups -OCH3 is 1. The van der Waals surface area contributed by atoms with Crippen LogP contribution in [0.3, 0.4) is 0 Å². The number of nitrogens with one attached hydrogen (secondary N) is 2. The highest BCUT2D eigenvalue weighted by Gasteiger charge is 2.20. The van der Waals surface area contributed by atoms with Crippen molar-refractivity contribution in [2.75, 3.05) is 32.2 Å². The number of ether oxygens (including phenoxy) is 2. The zero-order valence-electron chi connectivity index (χ0n) is 12.2. The molecule has 0 aromatic heterocycles. The van der Waals surface area contributed by atoms with Gasteiger partial charge in [0.15, 0.2) is 11.5 Å². The molecule has 0 unspecified atom stereocenters. The molecule has 6 heteroatoms. The summed E-state index contributed by atoms with van der Waals surface area (Å²) in [5.74, 6) is 1.03. The SMILES string of the molecule is COc1ccc(NC(=O)CCNC2CC2)cc1OCCO. The molecule has 2 rings (SSSR count).